The van der Waals surface area contributed by atoms with Gasteiger partial charge in [0.05, 0.1) is 7.11 Å². The molecule has 0 spiro atoms. The number of hydrogen-bond donors (Lipinski definition) is 0. The first kappa shape index (κ1) is 18.0. The number of fused-ring (bicyclic) bond motifs is 3. The molecule has 0 saturated carbocycles. The zero-order chi connectivity index (χ0) is 19.8. The lowest BCUT2D eigenvalue weighted by Crippen LogP contribution is -2.33. The number of ether oxygens (including phenoxy) is 1. The van der Waals surface area contributed by atoms with Gasteiger partial charge in [0, 0.05) is 11.3 Å². The van der Waals surface area contributed by atoms with Gasteiger partial charge in [0.2, 0.25) is 0 Å². The second-order valence-electron chi connectivity index (χ2n) is 8.40. The zero-order valence-corrected chi connectivity index (χ0v) is 17.1. The number of allylic oxidation sites excluding steroid dienone is 4. The van der Waals surface area contributed by atoms with Gasteiger partial charge < -0.3 is 4.74 Å². The summed E-state index contributed by atoms with van der Waals surface area (Å²) in [5.74, 6) is 1.30. The minimum absolute atomic E-state index is 0.00846. The van der Waals surface area contributed by atoms with Gasteiger partial charge in [-0.05, 0) is 58.4 Å². The van der Waals surface area contributed by atoms with Gasteiger partial charge in [-0.1, -0.05) is 85.8 Å². The van der Waals surface area contributed by atoms with Crippen molar-refractivity contribution in [2.45, 2.75) is 25.2 Å². The van der Waals surface area contributed by atoms with E-state index in [9.17, 15) is 0 Å². The fourth-order valence-electron chi connectivity index (χ4n) is 5.11. The molecule has 0 radical (unpaired) electrons. The highest BCUT2D eigenvalue weighted by molar-refractivity contribution is 5.78. The molecular weight excluding hydrogens is 352 g/mol. The molecular formula is C28H26O. The second-order valence-corrected chi connectivity index (χ2v) is 8.40. The van der Waals surface area contributed by atoms with Crippen molar-refractivity contribution in [3.63, 3.8) is 0 Å². The van der Waals surface area contributed by atoms with E-state index in [0.29, 0.717) is 5.92 Å². The summed E-state index contributed by atoms with van der Waals surface area (Å²) in [5, 5.41) is 0. The Hall–Kier alpha value is -3.06. The van der Waals surface area contributed by atoms with Gasteiger partial charge in [-0.25, -0.2) is 0 Å². The summed E-state index contributed by atoms with van der Waals surface area (Å²) in [6.45, 7) is 2.43. The summed E-state index contributed by atoms with van der Waals surface area (Å²) < 4.78 is 5.36. The van der Waals surface area contributed by atoms with E-state index in [2.05, 4.69) is 98.0 Å². The predicted molar refractivity (Wildman–Crippen MR) is 121 cm³/mol. The average molecular weight is 379 g/mol. The quantitative estimate of drug-likeness (QED) is 0.385. The third-order valence-corrected chi connectivity index (χ3v) is 6.68. The standard InChI is InChI=1S/C28H26O/c1-28(22-9-4-5-10-22,19-20-14-16-23(29-2)17-15-20)27-13-7-12-25-24-11-6-3-8-21(24)18-26(25)27/h3-17,22H,18-19H2,1-2H3. The molecule has 5 rings (SSSR count). The molecule has 3 aromatic rings. The Kier molecular flexibility index (Phi) is 4.39. The topological polar surface area (TPSA) is 9.23 Å². The molecule has 0 bridgehead atoms. The summed E-state index contributed by atoms with van der Waals surface area (Å²) >= 11 is 0. The molecule has 0 saturated heterocycles. The van der Waals surface area contributed by atoms with Crippen LogP contribution in [0.25, 0.3) is 11.1 Å². The lowest BCUT2D eigenvalue weighted by Gasteiger charge is -2.37. The van der Waals surface area contributed by atoms with Gasteiger partial charge in [-0.15, -0.1) is 0 Å². The van der Waals surface area contributed by atoms with Crippen LogP contribution in [0.15, 0.2) is 91.0 Å². The van der Waals surface area contributed by atoms with Gasteiger partial charge in [0.25, 0.3) is 0 Å². The summed E-state index contributed by atoms with van der Waals surface area (Å²) in [7, 11) is 1.72. The number of benzene rings is 3. The van der Waals surface area contributed by atoms with Crippen molar-refractivity contribution in [3.05, 3.63) is 113 Å². The number of hydrogen-bond acceptors (Lipinski definition) is 1. The summed E-state index contributed by atoms with van der Waals surface area (Å²) in [6.07, 6.45) is 11.1. The Bertz CT molecular complexity index is 1090. The molecule has 3 aromatic carbocycles. The molecule has 1 heteroatoms. The van der Waals surface area contributed by atoms with Crippen molar-refractivity contribution >= 4 is 0 Å². The lowest BCUT2D eigenvalue weighted by atomic mass is 9.67. The van der Waals surface area contributed by atoms with Crippen LogP contribution >= 0.6 is 0 Å². The molecule has 2 aliphatic carbocycles. The van der Waals surface area contributed by atoms with E-state index in [-0.39, 0.29) is 5.41 Å². The average Bonchev–Trinajstić information content (AvgIpc) is 3.42. The van der Waals surface area contributed by atoms with Gasteiger partial charge in [-0.2, -0.15) is 0 Å². The second kappa shape index (κ2) is 7.08. The first-order valence-corrected chi connectivity index (χ1v) is 10.4. The largest absolute Gasteiger partial charge is 0.497 e. The van der Waals surface area contributed by atoms with Crippen LogP contribution in [0.4, 0.5) is 0 Å². The SMILES string of the molecule is COc1ccc(CC(C)(c2cccc3c2Cc2ccccc2-3)C2C=CC=C2)cc1. The fraction of sp³-hybridized carbons (Fsp3) is 0.214. The Morgan fingerprint density at radius 1 is 0.862 bits per heavy atom. The smallest absolute Gasteiger partial charge is 0.118 e. The maximum Gasteiger partial charge on any atom is 0.118 e. The highest BCUT2D eigenvalue weighted by Gasteiger charge is 2.37. The van der Waals surface area contributed by atoms with E-state index in [1.807, 2.05) is 0 Å². The van der Waals surface area contributed by atoms with Crippen LogP contribution in [-0.4, -0.2) is 7.11 Å². The normalized spacial score (nSPS) is 16.5. The third kappa shape index (κ3) is 3.02. The molecule has 0 aliphatic heterocycles. The highest BCUT2D eigenvalue weighted by atomic mass is 16.5. The first-order chi connectivity index (χ1) is 14.2. The van der Waals surface area contributed by atoms with Crippen LogP contribution in [-0.2, 0) is 18.3 Å². The molecule has 1 unspecified atom stereocenters. The summed E-state index contributed by atoms with van der Waals surface area (Å²) in [6, 6.07) is 24.3. The Labute approximate surface area is 173 Å². The van der Waals surface area contributed by atoms with Gasteiger partial charge >= 0.3 is 0 Å². The summed E-state index contributed by atoms with van der Waals surface area (Å²) in [4.78, 5) is 0. The van der Waals surface area contributed by atoms with Gasteiger partial charge in [-0.3, -0.25) is 0 Å². The minimum atomic E-state index is -0.00846. The lowest BCUT2D eigenvalue weighted by molar-refractivity contribution is 0.397. The zero-order valence-electron chi connectivity index (χ0n) is 17.1. The van der Waals surface area contributed by atoms with Crippen LogP contribution in [0.5, 0.6) is 5.75 Å². The van der Waals surface area contributed by atoms with Crippen LogP contribution in [0.2, 0.25) is 0 Å². The van der Waals surface area contributed by atoms with Gasteiger partial charge in [0.15, 0.2) is 0 Å². The third-order valence-electron chi connectivity index (χ3n) is 6.68. The maximum absolute atomic E-state index is 5.36. The van der Waals surface area contributed by atoms with E-state index >= 15 is 0 Å². The van der Waals surface area contributed by atoms with E-state index in [0.717, 1.165) is 18.6 Å². The molecule has 0 N–H and O–H groups in total. The van der Waals surface area contributed by atoms with Crippen molar-refractivity contribution < 1.29 is 4.74 Å². The molecule has 2 aliphatic rings. The van der Waals surface area contributed by atoms with Crippen molar-refractivity contribution in [1.29, 1.82) is 0 Å². The van der Waals surface area contributed by atoms with Crippen LogP contribution in [0, 0.1) is 5.92 Å². The van der Waals surface area contributed by atoms with E-state index in [1.165, 1.54) is 33.4 Å². The maximum atomic E-state index is 5.36. The molecule has 0 aromatic heterocycles. The van der Waals surface area contributed by atoms with Crippen molar-refractivity contribution in [2.75, 3.05) is 7.11 Å². The molecule has 29 heavy (non-hydrogen) atoms. The highest BCUT2D eigenvalue weighted by Crippen LogP contribution is 2.46. The number of methoxy groups -OCH3 is 1. The molecule has 0 fully saturated rings. The summed E-state index contributed by atoms with van der Waals surface area (Å²) in [5.41, 5.74) is 8.56. The molecule has 144 valence electrons. The van der Waals surface area contributed by atoms with E-state index < -0.39 is 0 Å². The van der Waals surface area contributed by atoms with Crippen LogP contribution in [0.3, 0.4) is 0 Å². The van der Waals surface area contributed by atoms with Crippen LogP contribution in [0.1, 0.15) is 29.2 Å². The van der Waals surface area contributed by atoms with E-state index in [1.54, 1.807) is 7.11 Å². The minimum Gasteiger partial charge on any atom is -0.497 e. The van der Waals surface area contributed by atoms with Gasteiger partial charge in [0.1, 0.15) is 5.75 Å². The fourth-order valence-corrected chi connectivity index (χ4v) is 5.11. The molecule has 1 nitrogen and oxygen atoms in total. The Morgan fingerprint density at radius 3 is 2.34 bits per heavy atom. The first-order valence-electron chi connectivity index (χ1n) is 10.4. The Morgan fingerprint density at radius 2 is 1.59 bits per heavy atom. The van der Waals surface area contributed by atoms with Crippen LogP contribution < -0.4 is 4.74 Å². The van der Waals surface area contributed by atoms with Crippen molar-refractivity contribution in [3.8, 4) is 16.9 Å². The Balaban J connectivity index is 1.61. The molecule has 1 atom stereocenters. The molecule has 0 heterocycles. The predicted octanol–water partition coefficient (Wildman–Crippen LogP) is 6.51. The number of rotatable bonds is 5. The van der Waals surface area contributed by atoms with E-state index in [4.69, 9.17) is 4.74 Å². The molecule has 0 amide bonds. The van der Waals surface area contributed by atoms with Crippen molar-refractivity contribution in [2.24, 2.45) is 5.92 Å². The van der Waals surface area contributed by atoms with Crippen molar-refractivity contribution in [1.82, 2.24) is 0 Å². The monoisotopic (exact) mass is 378 g/mol.